The Labute approximate surface area is 88.1 Å². The van der Waals surface area contributed by atoms with Crippen molar-refractivity contribution < 1.29 is 0 Å². The summed E-state index contributed by atoms with van der Waals surface area (Å²) in [7, 11) is 0. The zero-order chi connectivity index (χ0) is 10.2. The Morgan fingerprint density at radius 1 is 1.36 bits per heavy atom. The first-order valence-electron chi connectivity index (χ1n) is 6.13. The number of rotatable bonds is 3. The molecular formula is C12H24N2. The molecule has 2 aliphatic rings. The molecule has 1 saturated heterocycles. The molecule has 0 aromatic heterocycles. The van der Waals surface area contributed by atoms with Crippen molar-refractivity contribution in [2.75, 3.05) is 19.6 Å². The van der Waals surface area contributed by atoms with Gasteiger partial charge in [-0.3, -0.25) is 4.90 Å². The summed E-state index contributed by atoms with van der Waals surface area (Å²) in [5.74, 6) is 0.967. The van der Waals surface area contributed by atoms with Crippen LogP contribution in [0, 0.1) is 5.92 Å². The topological polar surface area (TPSA) is 15.3 Å². The van der Waals surface area contributed by atoms with Crippen molar-refractivity contribution >= 4 is 0 Å². The van der Waals surface area contributed by atoms with Crippen molar-refractivity contribution in [1.82, 2.24) is 10.2 Å². The third kappa shape index (κ3) is 1.82. The van der Waals surface area contributed by atoms with Gasteiger partial charge in [-0.1, -0.05) is 6.92 Å². The van der Waals surface area contributed by atoms with E-state index in [-0.39, 0.29) is 0 Å². The van der Waals surface area contributed by atoms with Crippen LogP contribution in [0.25, 0.3) is 0 Å². The summed E-state index contributed by atoms with van der Waals surface area (Å²) in [4.78, 5) is 2.75. The first-order valence-corrected chi connectivity index (χ1v) is 6.13. The van der Waals surface area contributed by atoms with Gasteiger partial charge in [0.2, 0.25) is 0 Å². The molecule has 0 aromatic rings. The predicted octanol–water partition coefficient (Wildman–Crippen LogP) is 1.86. The second-order valence-electron chi connectivity index (χ2n) is 5.39. The van der Waals surface area contributed by atoms with Crippen LogP contribution in [0.15, 0.2) is 0 Å². The quantitative estimate of drug-likeness (QED) is 0.741. The Morgan fingerprint density at radius 2 is 2.07 bits per heavy atom. The second kappa shape index (κ2) is 3.82. The first kappa shape index (κ1) is 10.4. The standard InChI is InChI=1S/C12H24N2/c1-4-11-9-13-7-8-14(11)12(2,3)10-5-6-10/h10-11,13H,4-9H2,1-3H3. The van der Waals surface area contributed by atoms with E-state index in [4.69, 9.17) is 0 Å². The molecule has 2 nitrogen and oxygen atoms in total. The largest absolute Gasteiger partial charge is 0.314 e. The lowest BCUT2D eigenvalue weighted by Gasteiger charge is -2.47. The maximum atomic E-state index is 3.51. The van der Waals surface area contributed by atoms with E-state index < -0.39 is 0 Å². The Kier molecular flexibility index (Phi) is 2.85. The molecule has 82 valence electrons. The number of nitrogens with zero attached hydrogens (tertiary/aromatic N) is 1. The molecule has 1 saturated carbocycles. The molecule has 0 amide bonds. The zero-order valence-corrected chi connectivity index (χ0v) is 9.84. The van der Waals surface area contributed by atoms with E-state index in [2.05, 4.69) is 31.0 Å². The molecule has 2 heteroatoms. The second-order valence-corrected chi connectivity index (χ2v) is 5.39. The lowest BCUT2D eigenvalue weighted by atomic mass is 9.92. The molecule has 0 radical (unpaired) electrons. The van der Waals surface area contributed by atoms with Gasteiger partial charge in [-0.15, -0.1) is 0 Å². The summed E-state index contributed by atoms with van der Waals surface area (Å²) in [6, 6.07) is 0.763. The highest BCUT2D eigenvalue weighted by Crippen LogP contribution is 2.43. The minimum Gasteiger partial charge on any atom is -0.314 e. The molecule has 1 aliphatic heterocycles. The fourth-order valence-electron chi connectivity index (χ4n) is 2.91. The minimum absolute atomic E-state index is 0.447. The van der Waals surface area contributed by atoms with E-state index in [1.165, 1.54) is 38.9 Å². The predicted molar refractivity (Wildman–Crippen MR) is 60.5 cm³/mol. The van der Waals surface area contributed by atoms with E-state index in [9.17, 15) is 0 Å². The van der Waals surface area contributed by atoms with Crippen LogP contribution in [0.5, 0.6) is 0 Å². The van der Waals surface area contributed by atoms with Crippen molar-refractivity contribution in [3.63, 3.8) is 0 Å². The summed E-state index contributed by atoms with van der Waals surface area (Å²) in [5.41, 5.74) is 0.447. The van der Waals surface area contributed by atoms with E-state index in [1.54, 1.807) is 0 Å². The van der Waals surface area contributed by atoms with Crippen molar-refractivity contribution in [3.05, 3.63) is 0 Å². The third-order valence-corrected chi connectivity index (χ3v) is 4.14. The van der Waals surface area contributed by atoms with Crippen molar-refractivity contribution in [3.8, 4) is 0 Å². The average molecular weight is 196 g/mol. The molecular weight excluding hydrogens is 172 g/mol. The fraction of sp³-hybridized carbons (Fsp3) is 1.00. The zero-order valence-electron chi connectivity index (χ0n) is 9.84. The maximum Gasteiger partial charge on any atom is 0.0223 e. The number of hydrogen-bond donors (Lipinski definition) is 1. The van der Waals surface area contributed by atoms with Crippen molar-refractivity contribution in [1.29, 1.82) is 0 Å². The molecule has 1 heterocycles. The summed E-state index contributed by atoms with van der Waals surface area (Å²) >= 11 is 0. The molecule has 0 bridgehead atoms. The summed E-state index contributed by atoms with van der Waals surface area (Å²) in [5, 5.41) is 3.51. The van der Waals surface area contributed by atoms with Crippen LogP contribution >= 0.6 is 0 Å². The first-order chi connectivity index (χ1) is 6.66. The normalized spacial score (nSPS) is 30.6. The van der Waals surface area contributed by atoms with Crippen molar-refractivity contribution in [2.45, 2.75) is 51.6 Å². The smallest absolute Gasteiger partial charge is 0.0223 e. The molecule has 2 rings (SSSR count). The van der Waals surface area contributed by atoms with E-state index >= 15 is 0 Å². The van der Waals surface area contributed by atoms with Gasteiger partial charge in [0.05, 0.1) is 0 Å². The Bertz CT molecular complexity index is 196. The van der Waals surface area contributed by atoms with Gasteiger partial charge >= 0.3 is 0 Å². The van der Waals surface area contributed by atoms with Crippen LogP contribution in [0.2, 0.25) is 0 Å². The monoisotopic (exact) mass is 196 g/mol. The molecule has 1 unspecified atom stereocenters. The highest BCUT2D eigenvalue weighted by molar-refractivity contribution is 4.99. The summed E-state index contributed by atoms with van der Waals surface area (Å²) in [6.07, 6.45) is 4.18. The lowest BCUT2D eigenvalue weighted by Crippen LogP contribution is -2.59. The molecule has 2 fully saturated rings. The van der Waals surface area contributed by atoms with E-state index in [0.717, 1.165) is 12.0 Å². The molecule has 1 aliphatic carbocycles. The summed E-state index contributed by atoms with van der Waals surface area (Å²) < 4.78 is 0. The van der Waals surface area contributed by atoms with E-state index in [0.29, 0.717) is 5.54 Å². The molecule has 14 heavy (non-hydrogen) atoms. The van der Waals surface area contributed by atoms with Gasteiger partial charge in [-0.25, -0.2) is 0 Å². The number of nitrogens with one attached hydrogen (secondary N) is 1. The highest BCUT2D eigenvalue weighted by Gasteiger charge is 2.44. The van der Waals surface area contributed by atoms with Crippen LogP contribution < -0.4 is 5.32 Å². The van der Waals surface area contributed by atoms with Gasteiger partial charge in [0, 0.05) is 31.2 Å². The van der Waals surface area contributed by atoms with Gasteiger partial charge in [-0.05, 0) is 39.0 Å². The van der Waals surface area contributed by atoms with Crippen LogP contribution in [0.1, 0.15) is 40.0 Å². The average Bonchev–Trinajstić information content (AvgIpc) is 3.01. The SMILES string of the molecule is CCC1CNCCN1C(C)(C)C1CC1. The van der Waals surface area contributed by atoms with E-state index in [1.807, 2.05) is 0 Å². The van der Waals surface area contributed by atoms with Crippen LogP contribution in [0.4, 0.5) is 0 Å². The van der Waals surface area contributed by atoms with Crippen molar-refractivity contribution in [2.24, 2.45) is 5.92 Å². The van der Waals surface area contributed by atoms with Gasteiger partial charge in [0.1, 0.15) is 0 Å². The van der Waals surface area contributed by atoms with Crippen LogP contribution in [0.3, 0.4) is 0 Å². The van der Waals surface area contributed by atoms with Crippen LogP contribution in [-0.2, 0) is 0 Å². The summed E-state index contributed by atoms with van der Waals surface area (Å²) in [6.45, 7) is 10.8. The Morgan fingerprint density at radius 3 is 2.64 bits per heavy atom. The Hall–Kier alpha value is -0.0800. The van der Waals surface area contributed by atoms with Gasteiger partial charge < -0.3 is 5.32 Å². The molecule has 1 N–H and O–H groups in total. The maximum absolute atomic E-state index is 3.51. The number of hydrogen-bond acceptors (Lipinski definition) is 2. The van der Waals surface area contributed by atoms with Gasteiger partial charge in [0.25, 0.3) is 0 Å². The fourth-order valence-corrected chi connectivity index (χ4v) is 2.91. The molecule has 0 aromatic carbocycles. The minimum atomic E-state index is 0.447. The molecule has 0 spiro atoms. The molecule has 1 atom stereocenters. The number of piperazine rings is 1. The van der Waals surface area contributed by atoms with Crippen LogP contribution in [-0.4, -0.2) is 36.1 Å². The Balaban J connectivity index is 2.05. The third-order valence-electron chi connectivity index (χ3n) is 4.14. The highest BCUT2D eigenvalue weighted by atomic mass is 15.3. The van der Waals surface area contributed by atoms with Gasteiger partial charge in [0.15, 0.2) is 0 Å². The lowest BCUT2D eigenvalue weighted by molar-refractivity contribution is 0.0322. The van der Waals surface area contributed by atoms with Gasteiger partial charge in [-0.2, -0.15) is 0 Å².